The summed E-state index contributed by atoms with van der Waals surface area (Å²) in [6.07, 6.45) is 0. The first kappa shape index (κ1) is 16.3. The van der Waals surface area contributed by atoms with Crippen molar-refractivity contribution in [3.63, 3.8) is 0 Å². The summed E-state index contributed by atoms with van der Waals surface area (Å²) < 4.78 is 11.2. The molecule has 0 bridgehead atoms. The van der Waals surface area contributed by atoms with Gasteiger partial charge in [0.1, 0.15) is 29.3 Å². The van der Waals surface area contributed by atoms with E-state index in [0.29, 0.717) is 28.0 Å². The van der Waals surface area contributed by atoms with Crippen molar-refractivity contribution in [2.45, 2.75) is 26.0 Å². The largest absolute Gasteiger partial charge is 0.459 e. The number of nitrogens with zero attached hydrogens (tertiary/aromatic N) is 1. The Morgan fingerprint density at radius 1 is 1.27 bits per heavy atom. The topological polar surface area (TPSA) is 107 Å². The molecule has 2 heterocycles. The molecule has 0 fully saturated rings. The highest BCUT2D eigenvalue weighted by Gasteiger charge is 2.25. The Morgan fingerprint density at radius 3 is 2.85 bits per heavy atom. The number of benzene rings is 2. The number of nitrogens with one attached hydrogen (secondary N) is 1. The first-order valence-corrected chi connectivity index (χ1v) is 8.13. The fourth-order valence-corrected chi connectivity index (χ4v) is 2.86. The number of hydrogen-bond donors (Lipinski definition) is 2. The predicted molar refractivity (Wildman–Crippen MR) is 95.9 cm³/mol. The molecule has 0 saturated carbocycles. The van der Waals surface area contributed by atoms with Crippen LogP contribution in [0.2, 0.25) is 0 Å². The molecule has 3 N–H and O–H groups in total. The number of rotatable bonds is 3. The third kappa shape index (κ3) is 2.62. The van der Waals surface area contributed by atoms with Crippen molar-refractivity contribution >= 4 is 16.7 Å². The Bertz CT molecular complexity index is 1100. The molecule has 0 amide bonds. The van der Waals surface area contributed by atoms with Crippen LogP contribution in [0.3, 0.4) is 0 Å². The van der Waals surface area contributed by atoms with Crippen LogP contribution in [-0.4, -0.2) is 21.7 Å². The average molecular weight is 351 g/mol. The molecule has 0 spiro atoms. The normalized spacial score (nSPS) is 12.4. The molecule has 132 valence electrons. The fourth-order valence-electron chi connectivity index (χ4n) is 2.86. The van der Waals surface area contributed by atoms with Gasteiger partial charge in [0.2, 0.25) is 0 Å². The second kappa shape index (κ2) is 5.67. The smallest absolute Gasteiger partial charge is 0.325 e. The monoisotopic (exact) mass is 351 g/mol. The third-order valence-electron chi connectivity index (χ3n) is 4.19. The summed E-state index contributed by atoms with van der Waals surface area (Å²) in [5.74, 6) is 0.729. The molecular weight excluding hydrogens is 334 g/mol. The van der Waals surface area contributed by atoms with E-state index in [0.717, 1.165) is 11.1 Å². The van der Waals surface area contributed by atoms with Crippen molar-refractivity contribution in [3.8, 4) is 22.8 Å². The number of fused-ring (bicyclic) bond motifs is 2. The average Bonchev–Trinajstić information content (AvgIpc) is 2.61. The van der Waals surface area contributed by atoms with E-state index in [1.807, 2.05) is 12.1 Å². The molecule has 1 aliphatic heterocycles. The van der Waals surface area contributed by atoms with E-state index in [9.17, 15) is 9.59 Å². The highest BCUT2D eigenvalue weighted by molar-refractivity contribution is 6.01. The maximum Gasteiger partial charge on any atom is 0.325 e. The summed E-state index contributed by atoms with van der Waals surface area (Å²) in [5.41, 5.74) is 6.54. The van der Waals surface area contributed by atoms with Gasteiger partial charge in [-0.15, -0.1) is 0 Å². The molecule has 0 aliphatic carbocycles. The van der Waals surface area contributed by atoms with Crippen molar-refractivity contribution in [1.29, 1.82) is 0 Å². The number of aromatic nitrogens is 2. The molecule has 1 aromatic heterocycles. The Kier molecular flexibility index (Phi) is 3.55. The third-order valence-corrected chi connectivity index (χ3v) is 4.19. The molecule has 4 rings (SSSR count). The zero-order valence-corrected chi connectivity index (χ0v) is 14.3. The van der Waals surface area contributed by atoms with Crippen LogP contribution in [0.1, 0.15) is 19.4 Å². The van der Waals surface area contributed by atoms with Crippen LogP contribution >= 0.6 is 0 Å². The number of ether oxygens (including phenoxy) is 2. The summed E-state index contributed by atoms with van der Waals surface area (Å²) in [4.78, 5) is 23.9. The Labute approximate surface area is 148 Å². The number of nitrogens with two attached hydrogens (primary N) is 1. The first-order chi connectivity index (χ1) is 12.3. The minimum Gasteiger partial charge on any atom is -0.459 e. The minimum absolute atomic E-state index is 0.0842. The van der Waals surface area contributed by atoms with Crippen LogP contribution in [0.5, 0.6) is 11.5 Å². The number of carbonyl (C=O) groups is 1. The Balaban J connectivity index is 1.76. The lowest BCUT2D eigenvalue weighted by atomic mass is 9.99. The van der Waals surface area contributed by atoms with Crippen molar-refractivity contribution in [1.82, 2.24) is 10.2 Å². The lowest BCUT2D eigenvalue weighted by molar-refractivity contribution is -0.150. The van der Waals surface area contributed by atoms with Crippen molar-refractivity contribution in [2.24, 2.45) is 5.73 Å². The van der Waals surface area contributed by atoms with Crippen LogP contribution in [-0.2, 0) is 16.1 Å². The van der Waals surface area contributed by atoms with Gasteiger partial charge >= 0.3 is 5.97 Å². The molecule has 0 saturated heterocycles. The number of H-pyrrole nitrogens is 1. The highest BCUT2D eigenvalue weighted by Crippen LogP contribution is 2.44. The summed E-state index contributed by atoms with van der Waals surface area (Å²) in [5, 5.41) is 7.91. The van der Waals surface area contributed by atoms with Gasteiger partial charge in [0.25, 0.3) is 5.56 Å². The lowest BCUT2D eigenvalue weighted by Gasteiger charge is -2.21. The number of aromatic amines is 1. The first-order valence-electron chi connectivity index (χ1n) is 8.13. The molecule has 26 heavy (non-hydrogen) atoms. The van der Waals surface area contributed by atoms with Crippen LogP contribution < -0.4 is 16.0 Å². The predicted octanol–water partition coefficient (Wildman–Crippen LogP) is 2.48. The van der Waals surface area contributed by atoms with E-state index in [2.05, 4.69) is 10.2 Å². The van der Waals surface area contributed by atoms with Crippen LogP contribution in [0.15, 0.2) is 41.2 Å². The van der Waals surface area contributed by atoms with Gasteiger partial charge < -0.3 is 15.2 Å². The maximum absolute atomic E-state index is 12.0. The van der Waals surface area contributed by atoms with Crippen molar-refractivity contribution in [2.75, 3.05) is 0 Å². The summed E-state index contributed by atoms with van der Waals surface area (Å²) in [6, 6.07) is 10.7. The molecule has 0 radical (unpaired) electrons. The SMILES string of the molecule is CC(C)(N)C(=O)OCc1ccc2c(c1)-c1n[nH]c(=O)c3cccc(c13)O2. The highest BCUT2D eigenvalue weighted by atomic mass is 16.5. The second-order valence-corrected chi connectivity index (χ2v) is 6.81. The molecule has 1 aliphatic rings. The summed E-state index contributed by atoms with van der Waals surface area (Å²) in [6.45, 7) is 3.27. The Hall–Kier alpha value is -3.19. The zero-order valence-electron chi connectivity index (χ0n) is 14.3. The number of hydrogen-bond acceptors (Lipinski definition) is 6. The van der Waals surface area contributed by atoms with Gasteiger partial charge in [0, 0.05) is 5.56 Å². The van der Waals surface area contributed by atoms with E-state index < -0.39 is 11.5 Å². The van der Waals surface area contributed by atoms with Gasteiger partial charge in [-0.1, -0.05) is 12.1 Å². The van der Waals surface area contributed by atoms with Crippen LogP contribution in [0.4, 0.5) is 0 Å². The maximum atomic E-state index is 12.0. The van der Waals surface area contributed by atoms with Crippen molar-refractivity contribution in [3.05, 3.63) is 52.3 Å². The molecule has 0 atom stereocenters. The Morgan fingerprint density at radius 2 is 2.08 bits per heavy atom. The van der Waals surface area contributed by atoms with Gasteiger partial charge in [-0.3, -0.25) is 9.59 Å². The second-order valence-electron chi connectivity index (χ2n) is 6.81. The van der Waals surface area contributed by atoms with Crippen LogP contribution in [0, 0.1) is 0 Å². The molecule has 3 aromatic rings. The molecular formula is C19H17N3O4. The quantitative estimate of drug-likeness (QED) is 0.549. The molecule has 7 heteroatoms. The zero-order chi connectivity index (χ0) is 18.5. The minimum atomic E-state index is -1.05. The van der Waals surface area contributed by atoms with E-state index >= 15 is 0 Å². The van der Waals surface area contributed by atoms with Gasteiger partial charge in [-0.2, -0.15) is 5.10 Å². The molecule has 7 nitrogen and oxygen atoms in total. The van der Waals surface area contributed by atoms with Gasteiger partial charge in [-0.25, -0.2) is 5.10 Å². The van der Waals surface area contributed by atoms with Gasteiger partial charge in [-0.05, 0) is 43.7 Å². The van der Waals surface area contributed by atoms with E-state index in [-0.39, 0.29) is 12.2 Å². The number of esters is 1. The lowest BCUT2D eigenvalue weighted by Crippen LogP contribution is -2.42. The molecule has 2 aromatic carbocycles. The fraction of sp³-hybridized carbons (Fsp3) is 0.211. The van der Waals surface area contributed by atoms with Gasteiger partial charge in [0.05, 0.1) is 10.8 Å². The summed E-state index contributed by atoms with van der Waals surface area (Å²) >= 11 is 0. The van der Waals surface area contributed by atoms with Gasteiger partial charge in [0.15, 0.2) is 0 Å². The number of carbonyl (C=O) groups excluding carboxylic acids is 1. The van der Waals surface area contributed by atoms with E-state index in [1.54, 1.807) is 38.1 Å². The standard InChI is InChI=1S/C19H17N3O4/c1-19(2,20)18(24)25-9-10-6-7-13-12(8-10)16-15-11(17(23)22-21-16)4-3-5-14(15)26-13/h3-8H,9,20H2,1-2H3,(H,22,23). The van der Waals surface area contributed by atoms with Crippen LogP contribution in [0.25, 0.3) is 22.0 Å². The van der Waals surface area contributed by atoms with Crippen molar-refractivity contribution < 1.29 is 14.3 Å². The van der Waals surface area contributed by atoms with E-state index in [1.165, 1.54) is 0 Å². The molecule has 0 unspecified atom stereocenters. The summed E-state index contributed by atoms with van der Waals surface area (Å²) in [7, 11) is 0. The van der Waals surface area contributed by atoms with E-state index in [4.69, 9.17) is 15.2 Å².